The maximum atomic E-state index is 13.1. The van der Waals surface area contributed by atoms with E-state index in [0.717, 1.165) is 28.9 Å². The summed E-state index contributed by atoms with van der Waals surface area (Å²) < 4.78 is 17.9. The van der Waals surface area contributed by atoms with Crippen molar-refractivity contribution in [1.29, 1.82) is 0 Å². The predicted molar refractivity (Wildman–Crippen MR) is 106 cm³/mol. The molecule has 0 heterocycles. The first-order valence-corrected chi connectivity index (χ1v) is 9.09. The molecular weight excluding hydrogens is 351 g/mol. The van der Waals surface area contributed by atoms with E-state index in [1.165, 1.54) is 7.11 Å². The molecule has 0 aliphatic carbocycles. The van der Waals surface area contributed by atoms with Crippen LogP contribution < -0.4 is 5.73 Å². The predicted octanol–water partition coefficient (Wildman–Crippen LogP) is 5.51. The Morgan fingerprint density at radius 2 is 1.96 bits per heavy atom. The molecule has 0 radical (unpaired) electrons. The standard InChI is InChI=1S/C20H23FN2O2S/c1-5-12(2)19(14-6-8-16(22)18(11-14)26-21)23-17-9-7-15(10-13(17)3)20(24)25-4/h6-12H,5,22H2,1-4H3. The van der Waals surface area contributed by atoms with Crippen LogP contribution in [0.4, 0.5) is 15.3 Å². The number of ether oxygens (including phenoxy) is 1. The van der Waals surface area contributed by atoms with E-state index in [1.54, 1.807) is 30.3 Å². The third-order valence-electron chi connectivity index (χ3n) is 4.33. The summed E-state index contributed by atoms with van der Waals surface area (Å²) in [7, 11) is 1.35. The number of hydrogen-bond donors (Lipinski definition) is 1. The Morgan fingerprint density at radius 3 is 2.54 bits per heavy atom. The number of carbonyl (C=O) groups is 1. The number of methoxy groups -OCH3 is 1. The van der Waals surface area contributed by atoms with Gasteiger partial charge in [0.1, 0.15) is 0 Å². The van der Waals surface area contributed by atoms with E-state index in [0.29, 0.717) is 16.1 Å². The highest BCUT2D eigenvalue weighted by Crippen LogP contribution is 2.30. The van der Waals surface area contributed by atoms with Gasteiger partial charge in [-0.25, -0.2) is 4.79 Å². The Bertz CT molecular complexity index is 837. The number of anilines is 1. The molecule has 1 atom stereocenters. The van der Waals surface area contributed by atoms with E-state index in [2.05, 4.69) is 13.8 Å². The highest BCUT2D eigenvalue weighted by molar-refractivity contribution is 7.94. The molecule has 0 saturated carbocycles. The molecule has 0 spiro atoms. The molecule has 4 nitrogen and oxygen atoms in total. The number of benzene rings is 2. The second-order valence-electron chi connectivity index (χ2n) is 6.13. The van der Waals surface area contributed by atoms with Crippen molar-refractivity contribution in [2.45, 2.75) is 32.1 Å². The molecule has 26 heavy (non-hydrogen) atoms. The van der Waals surface area contributed by atoms with E-state index in [9.17, 15) is 8.68 Å². The summed E-state index contributed by atoms with van der Waals surface area (Å²) in [6, 6.07) is 10.5. The molecule has 2 N–H and O–H groups in total. The minimum Gasteiger partial charge on any atom is -0.465 e. The van der Waals surface area contributed by atoms with Gasteiger partial charge in [-0.15, -0.1) is 0 Å². The number of hydrogen-bond acceptors (Lipinski definition) is 5. The molecule has 0 fully saturated rings. The molecule has 0 aliphatic rings. The number of nitrogens with two attached hydrogens (primary N) is 1. The lowest BCUT2D eigenvalue weighted by Gasteiger charge is -2.15. The van der Waals surface area contributed by atoms with Gasteiger partial charge < -0.3 is 10.5 Å². The second-order valence-corrected chi connectivity index (χ2v) is 6.72. The lowest BCUT2D eigenvalue weighted by molar-refractivity contribution is 0.0600. The van der Waals surface area contributed by atoms with Gasteiger partial charge in [0.2, 0.25) is 0 Å². The van der Waals surface area contributed by atoms with Gasteiger partial charge in [-0.1, -0.05) is 19.9 Å². The van der Waals surface area contributed by atoms with Gasteiger partial charge in [-0.3, -0.25) is 4.99 Å². The third-order valence-corrected chi connectivity index (χ3v) is 4.85. The van der Waals surface area contributed by atoms with Crippen LogP contribution in [-0.2, 0) is 4.74 Å². The van der Waals surface area contributed by atoms with Crippen LogP contribution in [0.25, 0.3) is 0 Å². The highest BCUT2D eigenvalue weighted by Gasteiger charge is 2.15. The Morgan fingerprint density at radius 1 is 1.27 bits per heavy atom. The summed E-state index contributed by atoms with van der Waals surface area (Å²) in [5, 5.41) is 0. The molecular formula is C20H23FN2O2S. The molecule has 0 aromatic heterocycles. The molecule has 0 aliphatic heterocycles. The number of carbonyl (C=O) groups excluding carboxylic acids is 1. The number of nitrogens with zero attached hydrogens (tertiary/aromatic N) is 1. The van der Waals surface area contributed by atoms with E-state index in [1.807, 2.05) is 13.0 Å². The molecule has 2 aromatic carbocycles. The first kappa shape index (κ1) is 20.0. The smallest absolute Gasteiger partial charge is 0.337 e. The summed E-state index contributed by atoms with van der Waals surface area (Å²) in [6.07, 6.45) is 0.889. The number of aliphatic imine (C=N–C) groups is 1. The molecule has 0 amide bonds. The Hall–Kier alpha value is -2.34. The van der Waals surface area contributed by atoms with Crippen LogP contribution in [0.2, 0.25) is 0 Å². The van der Waals surface area contributed by atoms with Gasteiger partial charge in [0.15, 0.2) is 0 Å². The number of esters is 1. The van der Waals surface area contributed by atoms with Crippen LogP contribution in [0.3, 0.4) is 0 Å². The lowest BCUT2D eigenvalue weighted by atomic mass is 9.95. The summed E-state index contributed by atoms with van der Waals surface area (Å²) in [5.74, 6) is -0.204. The van der Waals surface area contributed by atoms with Crippen molar-refractivity contribution in [2.24, 2.45) is 10.9 Å². The number of rotatable bonds is 6. The summed E-state index contributed by atoms with van der Waals surface area (Å²) in [4.78, 5) is 16.9. The Labute approximate surface area is 158 Å². The second kappa shape index (κ2) is 8.85. The largest absolute Gasteiger partial charge is 0.465 e. The van der Waals surface area contributed by atoms with Crippen LogP contribution >= 0.6 is 12.1 Å². The number of halogens is 1. The topological polar surface area (TPSA) is 64.7 Å². The van der Waals surface area contributed by atoms with Crippen LogP contribution in [-0.4, -0.2) is 18.8 Å². The molecule has 6 heteroatoms. The van der Waals surface area contributed by atoms with E-state index in [-0.39, 0.29) is 24.0 Å². The zero-order chi connectivity index (χ0) is 19.3. The van der Waals surface area contributed by atoms with Crippen molar-refractivity contribution in [3.05, 3.63) is 53.1 Å². The van der Waals surface area contributed by atoms with Crippen molar-refractivity contribution in [1.82, 2.24) is 0 Å². The fourth-order valence-electron chi connectivity index (χ4n) is 2.57. The average Bonchev–Trinajstić information content (AvgIpc) is 2.66. The average molecular weight is 374 g/mol. The molecule has 0 bridgehead atoms. The van der Waals surface area contributed by atoms with Crippen LogP contribution in [0.1, 0.15) is 41.8 Å². The lowest BCUT2D eigenvalue weighted by Crippen LogP contribution is -2.12. The normalized spacial score (nSPS) is 12.7. The van der Waals surface area contributed by atoms with Crippen molar-refractivity contribution in [3.63, 3.8) is 0 Å². The molecule has 1 unspecified atom stereocenters. The fourth-order valence-corrected chi connectivity index (χ4v) is 2.90. The van der Waals surface area contributed by atoms with Gasteiger partial charge >= 0.3 is 5.97 Å². The van der Waals surface area contributed by atoms with E-state index in [4.69, 9.17) is 15.5 Å². The molecule has 2 rings (SSSR count). The van der Waals surface area contributed by atoms with Gasteiger partial charge in [0.05, 0.1) is 41.1 Å². The SMILES string of the molecule is CCC(C)C(=Nc1ccc(C(=O)OC)cc1C)c1ccc(N)c(SF)c1. The molecule has 2 aromatic rings. The Kier molecular flexibility index (Phi) is 6.80. The van der Waals surface area contributed by atoms with E-state index >= 15 is 0 Å². The van der Waals surface area contributed by atoms with Crippen molar-refractivity contribution < 1.29 is 13.4 Å². The van der Waals surface area contributed by atoms with Crippen LogP contribution in [0.15, 0.2) is 46.3 Å². The summed E-state index contributed by atoms with van der Waals surface area (Å²) >= 11 is 0.132. The first-order valence-electron chi connectivity index (χ1n) is 8.37. The first-order chi connectivity index (χ1) is 12.4. The number of nitrogen functional groups attached to an aromatic ring is 1. The minimum absolute atomic E-state index is 0.132. The minimum atomic E-state index is -0.381. The van der Waals surface area contributed by atoms with Gasteiger partial charge in [-0.05, 0) is 60.7 Å². The summed E-state index contributed by atoms with van der Waals surface area (Å²) in [5.41, 5.74) is 10.0. The quantitative estimate of drug-likeness (QED) is 0.411. The van der Waals surface area contributed by atoms with E-state index < -0.39 is 0 Å². The molecule has 0 saturated heterocycles. The van der Waals surface area contributed by atoms with Gasteiger partial charge in [-0.2, -0.15) is 3.89 Å². The number of aryl methyl sites for hydroxylation is 1. The fraction of sp³-hybridized carbons (Fsp3) is 0.300. The van der Waals surface area contributed by atoms with Crippen molar-refractivity contribution in [3.8, 4) is 0 Å². The summed E-state index contributed by atoms with van der Waals surface area (Å²) in [6.45, 7) is 6.05. The van der Waals surface area contributed by atoms with Crippen molar-refractivity contribution in [2.75, 3.05) is 12.8 Å². The Balaban J connectivity index is 2.52. The van der Waals surface area contributed by atoms with Crippen LogP contribution in [0.5, 0.6) is 0 Å². The zero-order valence-electron chi connectivity index (χ0n) is 15.4. The highest BCUT2D eigenvalue weighted by atomic mass is 32.2. The van der Waals surface area contributed by atoms with Crippen molar-refractivity contribution >= 4 is 35.2 Å². The van der Waals surface area contributed by atoms with Crippen LogP contribution in [0, 0.1) is 12.8 Å². The monoisotopic (exact) mass is 374 g/mol. The zero-order valence-corrected chi connectivity index (χ0v) is 16.2. The maximum Gasteiger partial charge on any atom is 0.337 e. The van der Waals surface area contributed by atoms with Gasteiger partial charge in [0, 0.05) is 5.69 Å². The molecule has 138 valence electrons. The third kappa shape index (κ3) is 4.43. The van der Waals surface area contributed by atoms with Gasteiger partial charge in [0.25, 0.3) is 0 Å². The maximum absolute atomic E-state index is 13.1.